The van der Waals surface area contributed by atoms with Gasteiger partial charge in [-0.3, -0.25) is 0 Å². The minimum atomic E-state index is -0.133. The number of nitrogens with zero attached hydrogens (tertiary/aromatic N) is 1. The lowest BCUT2D eigenvalue weighted by atomic mass is 10.2. The van der Waals surface area contributed by atoms with Crippen LogP contribution in [0.25, 0.3) is 0 Å². The van der Waals surface area contributed by atoms with Gasteiger partial charge in [-0.2, -0.15) is 0 Å². The molecule has 106 valence electrons. The summed E-state index contributed by atoms with van der Waals surface area (Å²) in [5, 5.41) is 3.38. The van der Waals surface area contributed by atoms with Crippen LogP contribution in [0.2, 0.25) is 0 Å². The second-order valence-electron chi connectivity index (χ2n) is 5.13. The maximum atomic E-state index is 13.5. The van der Waals surface area contributed by atoms with Gasteiger partial charge in [0.1, 0.15) is 5.82 Å². The molecule has 0 aliphatic heterocycles. The van der Waals surface area contributed by atoms with Gasteiger partial charge >= 0.3 is 0 Å². The van der Waals surface area contributed by atoms with E-state index < -0.39 is 0 Å². The van der Waals surface area contributed by atoms with E-state index in [4.69, 9.17) is 0 Å². The van der Waals surface area contributed by atoms with Crippen molar-refractivity contribution in [3.8, 4) is 0 Å². The molecule has 20 heavy (non-hydrogen) atoms. The summed E-state index contributed by atoms with van der Waals surface area (Å²) in [5.41, 5.74) is 3.12. The summed E-state index contributed by atoms with van der Waals surface area (Å²) in [5.74, 6) is -0.133. The summed E-state index contributed by atoms with van der Waals surface area (Å²) < 4.78 is 13.5. The van der Waals surface area contributed by atoms with Crippen molar-refractivity contribution in [1.82, 2.24) is 4.90 Å². The van der Waals surface area contributed by atoms with Crippen LogP contribution in [0.5, 0.6) is 0 Å². The molecular formula is C17H21FN2. The summed E-state index contributed by atoms with van der Waals surface area (Å²) >= 11 is 0. The molecule has 0 amide bonds. The van der Waals surface area contributed by atoms with Gasteiger partial charge in [0, 0.05) is 30.9 Å². The van der Waals surface area contributed by atoms with Gasteiger partial charge in [0.2, 0.25) is 0 Å². The molecule has 0 aliphatic rings. The number of rotatable bonds is 6. The van der Waals surface area contributed by atoms with Crippen molar-refractivity contribution < 1.29 is 4.39 Å². The van der Waals surface area contributed by atoms with Crippen molar-refractivity contribution >= 4 is 5.69 Å². The Kier molecular flexibility index (Phi) is 5.13. The van der Waals surface area contributed by atoms with E-state index >= 15 is 0 Å². The molecule has 0 aromatic heterocycles. The Labute approximate surface area is 120 Å². The van der Waals surface area contributed by atoms with E-state index in [-0.39, 0.29) is 5.82 Å². The van der Waals surface area contributed by atoms with Crippen molar-refractivity contribution in [1.29, 1.82) is 0 Å². The minimum Gasteiger partial charge on any atom is -0.384 e. The quantitative estimate of drug-likeness (QED) is 0.863. The molecule has 0 heterocycles. The fourth-order valence-corrected chi connectivity index (χ4v) is 2.14. The van der Waals surface area contributed by atoms with Gasteiger partial charge < -0.3 is 10.2 Å². The summed E-state index contributed by atoms with van der Waals surface area (Å²) in [7, 11) is 2.00. The van der Waals surface area contributed by atoms with Crippen LogP contribution in [-0.2, 0) is 6.54 Å². The molecule has 0 saturated carbocycles. The van der Waals surface area contributed by atoms with E-state index in [1.54, 1.807) is 6.07 Å². The average molecular weight is 272 g/mol. The third-order valence-corrected chi connectivity index (χ3v) is 3.24. The van der Waals surface area contributed by atoms with Gasteiger partial charge in [0.15, 0.2) is 0 Å². The van der Waals surface area contributed by atoms with Gasteiger partial charge in [0.05, 0.1) is 0 Å². The van der Waals surface area contributed by atoms with Crippen molar-refractivity contribution in [3.63, 3.8) is 0 Å². The van der Waals surface area contributed by atoms with Crippen LogP contribution in [-0.4, -0.2) is 25.0 Å². The van der Waals surface area contributed by atoms with Crippen molar-refractivity contribution in [3.05, 3.63) is 65.5 Å². The van der Waals surface area contributed by atoms with Gasteiger partial charge in [-0.25, -0.2) is 4.39 Å². The highest BCUT2D eigenvalue weighted by atomic mass is 19.1. The van der Waals surface area contributed by atoms with Crippen LogP contribution < -0.4 is 5.32 Å². The molecule has 2 nitrogen and oxygen atoms in total. The zero-order chi connectivity index (χ0) is 14.4. The van der Waals surface area contributed by atoms with Crippen molar-refractivity contribution in [2.75, 3.05) is 25.5 Å². The maximum Gasteiger partial charge on any atom is 0.127 e. The number of hydrogen-bond acceptors (Lipinski definition) is 2. The zero-order valence-electron chi connectivity index (χ0n) is 12.1. The Morgan fingerprint density at radius 1 is 1.10 bits per heavy atom. The van der Waals surface area contributed by atoms with Crippen LogP contribution >= 0.6 is 0 Å². The SMILES string of the molecule is Cc1cccc(NCCN(C)Cc2ccccc2F)c1. The molecule has 0 aliphatic carbocycles. The fraction of sp³-hybridized carbons (Fsp3) is 0.294. The first-order valence-corrected chi connectivity index (χ1v) is 6.87. The predicted molar refractivity (Wildman–Crippen MR) is 82.4 cm³/mol. The highest BCUT2D eigenvalue weighted by molar-refractivity contribution is 5.45. The Balaban J connectivity index is 1.78. The molecule has 1 N–H and O–H groups in total. The largest absolute Gasteiger partial charge is 0.384 e. The standard InChI is InChI=1S/C17H21FN2/c1-14-6-5-8-16(12-14)19-10-11-20(2)13-15-7-3-4-9-17(15)18/h3-9,12,19H,10-11,13H2,1-2H3. The summed E-state index contributed by atoms with van der Waals surface area (Å²) in [6, 6.07) is 15.2. The van der Waals surface area contributed by atoms with Crippen LogP contribution in [0.1, 0.15) is 11.1 Å². The summed E-state index contributed by atoms with van der Waals surface area (Å²) in [6.45, 7) is 4.41. The van der Waals surface area contributed by atoms with E-state index in [1.807, 2.05) is 25.2 Å². The monoisotopic (exact) mass is 272 g/mol. The van der Waals surface area contributed by atoms with Crippen LogP contribution in [0.3, 0.4) is 0 Å². The minimum absolute atomic E-state index is 0.133. The molecule has 0 saturated heterocycles. The number of benzene rings is 2. The third-order valence-electron chi connectivity index (χ3n) is 3.24. The molecule has 2 aromatic rings. The molecule has 0 radical (unpaired) electrons. The number of halogens is 1. The van der Waals surface area contributed by atoms with Gasteiger partial charge in [-0.1, -0.05) is 30.3 Å². The van der Waals surface area contributed by atoms with Gasteiger partial charge in [-0.15, -0.1) is 0 Å². The molecule has 0 unspecified atom stereocenters. The third kappa shape index (κ3) is 4.35. The lowest BCUT2D eigenvalue weighted by Gasteiger charge is -2.18. The first-order valence-electron chi connectivity index (χ1n) is 6.87. The van der Waals surface area contributed by atoms with Crippen LogP contribution in [0, 0.1) is 12.7 Å². The number of anilines is 1. The Morgan fingerprint density at radius 2 is 1.90 bits per heavy atom. The lowest BCUT2D eigenvalue weighted by Crippen LogP contribution is -2.25. The first kappa shape index (κ1) is 14.5. The van der Waals surface area contributed by atoms with E-state index in [0.717, 1.165) is 24.3 Å². The van der Waals surface area contributed by atoms with Crippen LogP contribution in [0.15, 0.2) is 48.5 Å². The topological polar surface area (TPSA) is 15.3 Å². The smallest absolute Gasteiger partial charge is 0.127 e. The first-order chi connectivity index (χ1) is 9.65. The van der Waals surface area contributed by atoms with Crippen molar-refractivity contribution in [2.24, 2.45) is 0 Å². The number of nitrogens with one attached hydrogen (secondary N) is 1. The second kappa shape index (κ2) is 7.06. The average Bonchev–Trinajstić information content (AvgIpc) is 2.41. The molecule has 0 fully saturated rings. The highest BCUT2D eigenvalue weighted by Gasteiger charge is 2.04. The van der Waals surface area contributed by atoms with Gasteiger partial charge in [0.25, 0.3) is 0 Å². The lowest BCUT2D eigenvalue weighted by molar-refractivity contribution is 0.334. The molecular weight excluding hydrogens is 251 g/mol. The van der Waals surface area contributed by atoms with E-state index in [9.17, 15) is 4.39 Å². The molecule has 0 bridgehead atoms. The number of hydrogen-bond donors (Lipinski definition) is 1. The number of aryl methyl sites for hydroxylation is 1. The fourth-order valence-electron chi connectivity index (χ4n) is 2.14. The van der Waals surface area contributed by atoms with E-state index in [2.05, 4.69) is 35.3 Å². The second-order valence-corrected chi connectivity index (χ2v) is 5.13. The predicted octanol–water partition coefficient (Wildman–Crippen LogP) is 3.68. The number of likely N-dealkylation sites (N-methyl/N-ethyl adjacent to an activating group) is 1. The Hall–Kier alpha value is -1.87. The van der Waals surface area contributed by atoms with Gasteiger partial charge in [-0.05, 0) is 37.7 Å². The maximum absolute atomic E-state index is 13.5. The molecule has 2 aromatic carbocycles. The van der Waals surface area contributed by atoms with Crippen LogP contribution in [0.4, 0.5) is 10.1 Å². The Morgan fingerprint density at radius 3 is 2.65 bits per heavy atom. The molecule has 0 spiro atoms. The summed E-state index contributed by atoms with van der Waals surface area (Å²) in [6.07, 6.45) is 0. The highest BCUT2D eigenvalue weighted by Crippen LogP contribution is 2.10. The normalized spacial score (nSPS) is 10.8. The van der Waals surface area contributed by atoms with E-state index in [0.29, 0.717) is 6.54 Å². The molecule has 2 rings (SSSR count). The zero-order valence-corrected chi connectivity index (χ0v) is 12.1. The Bertz CT molecular complexity index is 554. The van der Waals surface area contributed by atoms with E-state index in [1.165, 1.54) is 11.6 Å². The van der Waals surface area contributed by atoms with Crippen molar-refractivity contribution in [2.45, 2.75) is 13.5 Å². The molecule has 0 atom stereocenters. The molecule has 3 heteroatoms. The summed E-state index contributed by atoms with van der Waals surface area (Å²) in [4.78, 5) is 2.11.